The molecule has 1 aliphatic rings. The van der Waals surface area contributed by atoms with Crippen molar-refractivity contribution in [3.05, 3.63) is 52.2 Å². The molecule has 0 radical (unpaired) electrons. The number of nitrogens with two attached hydrogens (primary N) is 1. The Morgan fingerprint density at radius 2 is 2.29 bits per heavy atom. The molecule has 0 bridgehead atoms. The van der Waals surface area contributed by atoms with Crippen LogP contribution in [-0.2, 0) is 4.79 Å². The Morgan fingerprint density at radius 3 is 3.00 bits per heavy atom. The zero-order valence-electron chi connectivity index (χ0n) is 12.2. The third kappa shape index (κ3) is 2.81. The molecule has 1 saturated heterocycles. The summed E-state index contributed by atoms with van der Waals surface area (Å²) >= 11 is 1.69. The van der Waals surface area contributed by atoms with Crippen molar-refractivity contribution in [1.29, 1.82) is 0 Å². The standard InChI is InChI=1S/C17H20N2OS/c1-12(13-4-2-5-15(18)10-13)17(20)19-8-3-6-16(19)14-7-9-21-11-14/h2,4-5,7,9-12,16H,3,6,8,18H2,1H3. The fraction of sp³-hybridized carbons (Fsp3) is 0.353. The molecule has 1 aliphatic heterocycles. The van der Waals surface area contributed by atoms with Gasteiger partial charge in [0.25, 0.3) is 0 Å². The van der Waals surface area contributed by atoms with Crippen molar-refractivity contribution in [2.75, 3.05) is 12.3 Å². The Kier molecular flexibility index (Phi) is 3.97. The summed E-state index contributed by atoms with van der Waals surface area (Å²) in [4.78, 5) is 14.9. The van der Waals surface area contributed by atoms with E-state index in [4.69, 9.17) is 5.73 Å². The van der Waals surface area contributed by atoms with Crippen molar-refractivity contribution in [2.45, 2.75) is 31.7 Å². The van der Waals surface area contributed by atoms with E-state index in [1.54, 1.807) is 11.3 Å². The number of rotatable bonds is 3. The normalized spacial score (nSPS) is 19.7. The monoisotopic (exact) mass is 300 g/mol. The van der Waals surface area contributed by atoms with Gasteiger partial charge in [-0.25, -0.2) is 0 Å². The van der Waals surface area contributed by atoms with Gasteiger partial charge in [-0.1, -0.05) is 12.1 Å². The topological polar surface area (TPSA) is 46.3 Å². The predicted molar refractivity (Wildman–Crippen MR) is 87.3 cm³/mol. The average Bonchev–Trinajstić information content (AvgIpc) is 3.16. The van der Waals surface area contributed by atoms with Crippen LogP contribution in [0.1, 0.15) is 42.9 Å². The van der Waals surface area contributed by atoms with Crippen LogP contribution in [-0.4, -0.2) is 17.4 Å². The summed E-state index contributed by atoms with van der Waals surface area (Å²) in [5.41, 5.74) is 8.81. The van der Waals surface area contributed by atoms with Gasteiger partial charge in [0.05, 0.1) is 12.0 Å². The SMILES string of the molecule is CC(C(=O)N1CCCC1c1ccsc1)c1cccc(N)c1. The largest absolute Gasteiger partial charge is 0.399 e. The van der Waals surface area contributed by atoms with Gasteiger partial charge in [-0.15, -0.1) is 0 Å². The summed E-state index contributed by atoms with van der Waals surface area (Å²) in [6.07, 6.45) is 2.14. The molecule has 1 amide bonds. The number of thiophene rings is 1. The van der Waals surface area contributed by atoms with Gasteiger partial charge in [0.2, 0.25) is 5.91 Å². The first-order valence-electron chi connectivity index (χ1n) is 7.35. The Balaban J connectivity index is 1.81. The summed E-state index contributed by atoms with van der Waals surface area (Å²) in [5.74, 6) is 0.0574. The number of carbonyl (C=O) groups is 1. The van der Waals surface area contributed by atoms with E-state index in [1.807, 2.05) is 36.1 Å². The highest BCUT2D eigenvalue weighted by atomic mass is 32.1. The van der Waals surface area contributed by atoms with Crippen LogP contribution in [0.5, 0.6) is 0 Å². The fourth-order valence-electron chi connectivity index (χ4n) is 3.06. The number of anilines is 1. The maximum Gasteiger partial charge on any atom is 0.230 e. The first-order valence-corrected chi connectivity index (χ1v) is 8.29. The highest BCUT2D eigenvalue weighted by Gasteiger charge is 2.32. The number of carbonyl (C=O) groups excluding carboxylic acids is 1. The van der Waals surface area contributed by atoms with E-state index in [0.717, 1.165) is 24.9 Å². The van der Waals surface area contributed by atoms with E-state index in [-0.39, 0.29) is 17.9 Å². The minimum absolute atomic E-state index is 0.146. The summed E-state index contributed by atoms with van der Waals surface area (Å²) in [7, 11) is 0. The van der Waals surface area contributed by atoms with Crippen LogP contribution < -0.4 is 5.73 Å². The maximum atomic E-state index is 12.9. The van der Waals surface area contributed by atoms with Crippen molar-refractivity contribution < 1.29 is 4.79 Å². The maximum absolute atomic E-state index is 12.9. The van der Waals surface area contributed by atoms with Crippen LogP contribution in [0.15, 0.2) is 41.1 Å². The summed E-state index contributed by atoms with van der Waals surface area (Å²) in [6, 6.07) is 10.0. The minimum atomic E-state index is -0.146. The molecular formula is C17H20N2OS. The molecule has 3 rings (SSSR count). The molecule has 1 fully saturated rings. The molecule has 1 aromatic carbocycles. The second kappa shape index (κ2) is 5.90. The molecule has 2 atom stereocenters. The van der Waals surface area contributed by atoms with Crippen molar-refractivity contribution in [1.82, 2.24) is 4.90 Å². The molecule has 2 N–H and O–H groups in total. The van der Waals surface area contributed by atoms with Gasteiger partial charge < -0.3 is 10.6 Å². The lowest BCUT2D eigenvalue weighted by Crippen LogP contribution is -2.33. The van der Waals surface area contributed by atoms with E-state index in [9.17, 15) is 4.79 Å². The molecular weight excluding hydrogens is 280 g/mol. The zero-order chi connectivity index (χ0) is 14.8. The second-order valence-corrected chi connectivity index (χ2v) is 6.42. The molecule has 0 aliphatic carbocycles. The van der Waals surface area contributed by atoms with Gasteiger partial charge in [-0.2, -0.15) is 11.3 Å². The third-order valence-electron chi connectivity index (χ3n) is 4.24. The highest BCUT2D eigenvalue weighted by molar-refractivity contribution is 7.07. The van der Waals surface area contributed by atoms with Gasteiger partial charge >= 0.3 is 0 Å². The molecule has 4 heteroatoms. The lowest BCUT2D eigenvalue weighted by Gasteiger charge is -2.27. The van der Waals surface area contributed by atoms with Crippen LogP contribution in [0.2, 0.25) is 0 Å². The molecule has 2 heterocycles. The first-order chi connectivity index (χ1) is 10.2. The van der Waals surface area contributed by atoms with E-state index >= 15 is 0 Å². The van der Waals surface area contributed by atoms with Crippen molar-refractivity contribution >= 4 is 22.9 Å². The summed E-state index contributed by atoms with van der Waals surface area (Å²) in [5, 5.41) is 4.24. The molecule has 1 aromatic heterocycles. The number of hydrogen-bond donors (Lipinski definition) is 1. The molecule has 110 valence electrons. The fourth-order valence-corrected chi connectivity index (χ4v) is 3.77. The molecule has 2 unspecified atom stereocenters. The number of benzene rings is 1. The van der Waals surface area contributed by atoms with Gasteiger partial charge in [0.1, 0.15) is 0 Å². The average molecular weight is 300 g/mol. The summed E-state index contributed by atoms with van der Waals surface area (Å²) in [6.45, 7) is 2.83. The quantitative estimate of drug-likeness (QED) is 0.876. The van der Waals surface area contributed by atoms with Crippen molar-refractivity contribution in [3.63, 3.8) is 0 Å². The van der Waals surface area contributed by atoms with E-state index in [2.05, 4.69) is 16.8 Å². The highest BCUT2D eigenvalue weighted by Crippen LogP contribution is 2.35. The lowest BCUT2D eigenvalue weighted by atomic mass is 9.98. The minimum Gasteiger partial charge on any atom is -0.399 e. The number of hydrogen-bond acceptors (Lipinski definition) is 3. The van der Waals surface area contributed by atoms with Gasteiger partial charge in [0, 0.05) is 12.2 Å². The molecule has 3 nitrogen and oxygen atoms in total. The van der Waals surface area contributed by atoms with E-state index in [1.165, 1.54) is 5.56 Å². The first kappa shape index (κ1) is 14.1. The number of nitrogens with zero attached hydrogens (tertiary/aromatic N) is 1. The van der Waals surface area contributed by atoms with Crippen LogP contribution in [0.3, 0.4) is 0 Å². The Morgan fingerprint density at radius 1 is 1.43 bits per heavy atom. The lowest BCUT2D eigenvalue weighted by molar-refractivity contribution is -0.133. The second-order valence-electron chi connectivity index (χ2n) is 5.64. The zero-order valence-corrected chi connectivity index (χ0v) is 13.0. The molecule has 0 spiro atoms. The smallest absolute Gasteiger partial charge is 0.230 e. The van der Waals surface area contributed by atoms with Crippen molar-refractivity contribution in [2.24, 2.45) is 0 Å². The summed E-state index contributed by atoms with van der Waals surface area (Å²) < 4.78 is 0. The van der Waals surface area contributed by atoms with Crippen LogP contribution in [0, 0.1) is 0 Å². The third-order valence-corrected chi connectivity index (χ3v) is 4.95. The number of nitrogen functional groups attached to an aromatic ring is 1. The van der Waals surface area contributed by atoms with Gasteiger partial charge in [0.15, 0.2) is 0 Å². The molecule has 21 heavy (non-hydrogen) atoms. The van der Waals surface area contributed by atoms with Crippen LogP contribution in [0.25, 0.3) is 0 Å². The van der Waals surface area contributed by atoms with Gasteiger partial charge in [-0.05, 0) is 59.9 Å². The van der Waals surface area contributed by atoms with E-state index in [0.29, 0.717) is 5.69 Å². The molecule has 0 saturated carbocycles. The van der Waals surface area contributed by atoms with Crippen LogP contribution in [0.4, 0.5) is 5.69 Å². The number of likely N-dealkylation sites (tertiary alicyclic amines) is 1. The number of amides is 1. The predicted octanol–water partition coefficient (Wildman–Crippen LogP) is 3.80. The Labute approximate surface area is 129 Å². The Hall–Kier alpha value is -1.81. The van der Waals surface area contributed by atoms with Crippen LogP contribution >= 0.6 is 11.3 Å². The van der Waals surface area contributed by atoms with Gasteiger partial charge in [-0.3, -0.25) is 4.79 Å². The van der Waals surface area contributed by atoms with E-state index < -0.39 is 0 Å². The molecule has 2 aromatic rings. The Bertz CT molecular complexity index is 623. The van der Waals surface area contributed by atoms with Crippen molar-refractivity contribution in [3.8, 4) is 0 Å².